The number of likely N-dealkylation sites (tertiary alicyclic amines) is 1. The number of carbonyl (C=O) groups is 1. The highest BCUT2D eigenvalue weighted by Gasteiger charge is 2.33. The molecule has 3 N–H and O–H groups in total. The first-order valence-corrected chi connectivity index (χ1v) is 10.3. The van der Waals surface area contributed by atoms with E-state index in [0.29, 0.717) is 29.0 Å². The number of H-pyrrole nitrogens is 1. The van der Waals surface area contributed by atoms with Gasteiger partial charge in [-0.25, -0.2) is 4.98 Å². The molecule has 0 radical (unpaired) electrons. The molecular formula is C22H25N5O2. The van der Waals surface area contributed by atoms with Crippen LogP contribution in [-0.2, 0) is 4.74 Å². The van der Waals surface area contributed by atoms with Crippen molar-refractivity contribution in [3.8, 4) is 11.4 Å². The summed E-state index contributed by atoms with van der Waals surface area (Å²) in [6.45, 7) is 2.86. The molecule has 0 spiro atoms. The molecular weight excluding hydrogens is 366 g/mol. The molecule has 1 amide bonds. The number of aromatic nitrogens is 3. The lowest BCUT2D eigenvalue weighted by molar-refractivity contribution is 0.0285. The SMILES string of the molecule is NC(=O)c1cccc2[nH]c(-c3ccc(C4CCCN4C4CCOCC4)nc3)nc12. The molecule has 3 aromatic rings. The van der Waals surface area contributed by atoms with Crippen LogP contribution in [0.2, 0.25) is 0 Å². The Balaban J connectivity index is 1.41. The fourth-order valence-electron chi connectivity index (χ4n) is 4.67. The summed E-state index contributed by atoms with van der Waals surface area (Å²) in [5, 5.41) is 0. The van der Waals surface area contributed by atoms with Crippen molar-refractivity contribution in [3.63, 3.8) is 0 Å². The number of aromatic amines is 1. The number of ether oxygens (including phenoxy) is 1. The second kappa shape index (κ2) is 7.57. The third kappa shape index (κ3) is 3.41. The standard InChI is InChI=1S/C22H25N5O2/c23-21(28)16-3-1-4-18-20(16)26-22(25-18)14-6-7-17(24-13-14)19-5-2-10-27(19)15-8-11-29-12-9-15/h1,3-4,6-7,13,15,19H,2,5,8-12H2,(H2,23,28)(H,25,26). The van der Waals surface area contributed by atoms with Gasteiger partial charge in [-0.1, -0.05) is 6.07 Å². The van der Waals surface area contributed by atoms with Gasteiger partial charge in [-0.2, -0.15) is 0 Å². The van der Waals surface area contributed by atoms with Crippen molar-refractivity contribution in [1.82, 2.24) is 19.9 Å². The normalized spacial score (nSPS) is 21.0. The Morgan fingerprint density at radius 2 is 2.03 bits per heavy atom. The van der Waals surface area contributed by atoms with Gasteiger partial charge >= 0.3 is 0 Å². The second-order valence-electron chi connectivity index (χ2n) is 7.86. The van der Waals surface area contributed by atoms with E-state index in [4.69, 9.17) is 15.5 Å². The molecule has 7 nitrogen and oxygen atoms in total. The number of nitrogens with two attached hydrogens (primary N) is 1. The maximum Gasteiger partial charge on any atom is 0.250 e. The van der Waals surface area contributed by atoms with Gasteiger partial charge in [0.2, 0.25) is 0 Å². The molecule has 150 valence electrons. The minimum Gasteiger partial charge on any atom is -0.381 e. The Labute approximate surface area is 169 Å². The van der Waals surface area contributed by atoms with Crippen LogP contribution in [0.25, 0.3) is 22.4 Å². The summed E-state index contributed by atoms with van der Waals surface area (Å²) in [7, 11) is 0. The average molecular weight is 391 g/mol. The first kappa shape index (κ1) is 18.3. The highest BCUT2D eigenvalue weighted by Crippen LogP contribution is 2.35. The van der Waals surface area contributed by atoms with Gasteiger partial charge in [-0.3, -0.25) is 14.7 Å². The molecule has 7 heteroatoms. The maximum absolute atomic E-state index is 11.7. The van der Waals surface area contributed by atoms with Gasteiger partial charge in [0.15, 0.2) is 0 Å². The van der Waals surface area contributed by atoms with E-state index in [-0.39, 0.29) is 0 Å². The van der Waals surface area contributed by atoms with Gasteiger partial charge in [0, 0.05) is 31.0 Å². The van der Waals surface area contributed by atoms with E-state index in [9.17, 15) is 4.79 Å². The van der Waals surface area contributed by atoms with Crippen molar-refractivity contribution in [3.05, 3.63) is 47.8 Å². The number of fused-ring (bicyclic) bond motifs is 1. The lowest BCUT2D eigenvalue weighted by atomic mass is 10.0. The summed E-state index contributed by atoms with van der Waals surface area (Å²) in [5.74, 6) is 0.219. The zero-order valence-electron chi connectivity index (χ0n) is 16.3. The summed E-state index contributed by atoms with van der Waals surface area (Å²) in [5.41, 5.74) is 9.31. The van der Waals surface area contributed by atoms with Crippen LogP contribution >= 0.6 is 0 Å². The number of nitrogens with one attached hydrogen (secondary N) is 1. The summed E-state index contributed by atoms with van der Waals surface area (Å²) >= 11 is 0. The predicted octanol–water partition coefficient (Wildman–Crippen LogP) is 3.04. The van der Waals surface area contributed by atoms with Crippen molar-refractivity contribution in [2.45, 2.75) is 37.8 Å². The van der Waals surface area contributed by atoms with E-state index in [1.54, 1.807) is 12.1 Å². The molecule has 4 heterocycles. The van der Waals surface area contributed by atoms with E-state index in [1.165, 1.54) is 6.42 Å². The number of nitrogens with zero attached hydrogens (tertiary/aromatic N) is 3. The second-order valence-corrected chi connectivity index (χ2v) is 7.86. The van der Waals surface area contributed by atoms with E-state index < -0.39 is 5.91 Å². The van der Waals surface area contributed by atoms with Crippen LogP contribution in [0.4, 0.5) is 0 Å². The van der Waals surface area contributed by atoms with E-state index >= 15 is 0 Å². The lowest BCUT2D eigenvalue weighted by Gasteiger charge is -2.35. The fraction of sp³-hybridized carbons (Fsp3) is 0.409. The Hall–Kier alpha value is -2.77. The third-order valence-electron chi connectivity index (χ3n) is 6.13. The van der Waals surface area contributed by atoms with Crippen LogP contribution in [0, 0.1) is 0 Å². The fourth-order valence-corrected chi connectivity index (χ4v) is 4.67. The van der Waals surface area contributed by atoms with Crippen LogP contribution in [-0.4, -0.2) is 51.6 Å². The van der Waals surface area contributed by atoms with E-state index in [0.717, 1.165) is 55.8 Å². The van der Waals surface area contributed by atoms with Gasteiger partial charge in [-0.15, -0.1) is 0 Å². The van der Waals surface area contributed by atoms with Crippen molar-refractivity contribution < 1.29 is 9.53 Å². The topological polar surface area (TPSA) is 97.1 Å². The molecule has 2 saturated heterocycles. The van der Waals surface area contributed by atoms with Gasteiger partial charge in [0.05, 0.1) is 22.8 Å². The quantitative estimate of drug-likeness (QED) is 0.712. The number of hydrogen-bond acceptors (Lipinski definition) is 5. The first-order chi connectivity index (χ1) is 14.2. The molecule has 29 heavy (non-hydrogen) atoms. The highest BCUT2D eigenvalue weighted by atomic mass is 16.5. The molecule has 1 unspecified atom stereocenters. The number of amides is 1. The molecule has 0 saturated carbocycles. The molecule has 0 aliphatic carbocycles. The maximum atomic E-state index is 11.7. The minimum absolute atomic E-state index is 0.379. The van der Waals surface area contributed by atoms with Crippen molar-refractivity contribution in [1.29, 1.82) is 0 Å². The Kier molecular flexibility index (Phi) is 4.77. The van der Waals surface area contributed by atoms with Crippen LogP contribution < -0.4 is 5.73 Å². The minimum atomic E-state index is -0.475. The molecule has 2 fully saturated rings. The Morgan fingerprint density at radius 3 is 2.79 bits per heavy atom. The highest BCUT2D eigenvalue weighted by molar-refractivity contribution is 6.04. The number of carbonyl (C=O) groups excluding carboxylic acids is 1. The van der Waals surface area contributed by atoms with Crippen molar-refractivity contribution in [2.24, 2.45) is 5.73 Å². The monoisotopic (exact) mass is 391 g/mol. The zero-order valence-corrected chi connectivity index (χ0v) is 16.3. The molecule has 1 aromatic carbocycles. The number of imidazole rings is 1. The zero-order chi connectivity index (χ0) is 19.8. The lowest BCUT2D eigenvalue weighted by Crippen LogP contribution is -2.39. The van der Waals surface area contributed by atoms with E-state index in [1.807, 2.05) is 12.3 Å². The number of para-hydroxylation sites is 1. The van der Waals surface area contributed by atoms with Crippen molar-refractivity contribution >= 4 is 16.9 Å². The van der Waals surface area contributed by atoms with Crippen molar-refractivity contribution in [2.75, 3.05) is 19.8 Å². The molecule has 5 rings (SSSR count). The Bertz CT molecular complexity index is 1020. The number of pyridine rings is 1. The summed E-state index contributed by atoms with van der Waals surface area (Å²) in [6, 6.07) is 10.5. The predicted molar refractivity (Wildman–Crippen MR) is 110 cm³/mol. The third-order valence-corrected chi connectivity index (χ3v) is 6.13. The number of benzene rings is 1. The molecule has 0 bridgehead atoms. The largest absolute Gasteiger partial charge is 0.381 e. The molecule has 2 aromatic heterocycles. The summed E-state index contributed by atoms with van der Waals surface area (Å²) < 4.78 is 5.53. The average Bonchev–Trinajstić information content (AvgIpc) is 3.41. The van der Waals surface area contributed by atoms with Crippen LogP contribution in [0.5, 0.6) is 0 Å². The summed E-state index contributed by atoms with van der Waals surface area (Å²) in [6.07, 6.45) is 6.45. The van der Waals surface area contributed by atoms with Crippen LogP contribution in [0.1, 0.15) is 47.8 Å². The molecule has 1 atom stereocenters. The molecule has 2 aliphatic heterocycles. The van der Waals surface area contributed by atoms with Gasteiger partial charge in [0.25, 0.3) is 5.91 Å². The summed E-state index contributed by atoms with van der Waals surface area (Å²) in [4.78, 5) is 26.9. The van der Waals surface area contributed by atoms with Gasteiger partial charge < -0.3 is 15.5 Å². The Morgan fingerprint density at radius 1 is 1.17 bits per heavy atom. The number of rotatable bonds is 4. The van der Waals surface area contributed by atoms with Gasteiger partial charge in [0.1, 0.15) is 11.3 Å². The first-order valence-electron chi connectivity index (χ1n) is 10.3. The molecule has 2 aliphatic rings. The smallest absolute Gasteiger partial charge is 0.250 e. The van der Waals surface area contributed by atoms with Crippen LogP contribution in [0.15, 0.2) is 36.5 Å². The van der Waals surface area contributed by atoms with E-state index in [2.05, 4.69) is 27.0 Å². The van der Waals surface area contributed by atoms with Crippen LogP contribution in [0.3, 0.4) is 0 Å². The van der Waals surface area contributed by atoms with Gasteiger partial charge in [-0.05, 0) is 56.5 Å². The number of hydrogen-bond donors (Lipinski definition) is 2. The number of primary amides is 1.